The Kier molecular flexibility index (Phi) is 8.18. The maximum Gasteiger partial charge on any atom is 0.243 e. The lowest BCUT2D eigenvalue weighted by atomic mass is 10.0. The summed E-state index contributed by atoms with van der Waals surface area (Å²) in [5, 5.41) is 2.98. The average Bonchev–Trinajstić information content (AvgIpc) is 2.71. The van der Waals surface area contributed by atoms with Gasteiger partial charge in [-0.05, 0) is 25.0 Å². The maximum atomic E-state index is 14.2. The monoisotopic (exact) mass is 384 g/mol. The van der Waals surface area contributed by atoms with Gasteiger partial charge < -0.3 is 10.2 Å². The van der Waals surface area contributed by atoms with Crippen LogP contribution in [0.15, 0.2) is 54.6 Å². The van der Waals surface area contributed by atoms with Gasteiger partial charge in [-0.25, -0.2) is 4.39 Å². The molecule has 0 saturated heterocycles. The van der Waals surface area contributed by atoms with E-state index < -0.39 is 6.04 Å². The number of hydrogen-bond acceptors (Lipinski definition) is 2. The molecule has 0 aliphatic carbocycles. The second-order valence-corrected chi connectivity index (χ2v) is 6.99. The van der Waals surface area contributed by atoms with Gasteiger partial charge in [0, 0.05) is 31.0 Å². The van der Waals surface area contributed by atoms with Crippen LogP contribution in [-0.2, 0) is 22.6 Å². The molecule has 0 unspecified atom stereocenters. The van der Waals surface area contributed by atoms with Crippen molar-refractivity contribution in [2.24, 2.45) is 0 Å². The van der Waals surface area contributed by atoms with E-state index in [1.54, 1.807) is 25.1 Å². The van der Waals surface area contributed by atoms with Gasteiger partial charge in [0.1, 0.15) is 11.9 Å². The molecule has 0 aliphatic rings. The van der Waals surface area contributed by atoms with Gasteiger partial charge in [-0.15, -0.1) is 0 Å². The molecule has 0 heterocycles. The van der Waals surface area contributed by atoms with Gasteiger partial charge in [-0.1, -0.05) is 62.4 Å². The molecule has 2 rings (SSSR count). The maximum absolute atomic E-state index is 14.2. The third kappa shape index (κ3) is 5.91. The Morgan fingerprint density at radius 2 is 1.68 bits per heavy atom. The van der Waals surface area contributed by atoms with Crippen molar-refractivity contribution in [3.8, 4) is 0 Å². The van der Waals surface area contributed by atoms with Crippen molar-refractivity contribution >= 4 is 11.8 Å². The summed E-state index contributed by atoms with van der Waals surface area (Å²) in [5.41, 5.74) is 1.35. The highest BCUT2D eigenvalue weighted by molar-refractivity contribution is 5.88. The molecular formula is C23H29FN2O2. The van der Waals surface area contributed by atoms with Gasteiger partial charge in [0.2, 0.25) is 11.8 Å². The van der Waals surface area contributed by atoms with E-state index in [9.17, 15) is 14.0 Å². The van der Waals surface area contributed by atoms with Crippen LogP contribution in [0.3, 0.4) is 0 Å². The molecule has 4 nitrogen and oxygen atoms in total. The number of carbonyl (C=O) groups excluding carboxylic acids is 2. The number of halogens is 1. The highest BCUT2D eigenvalue weighted by Crippen LogP contribution is 2.17. The fourth-order valence-electron chi connectivity index (χ4n) is 3.01. The fourth-order valence-corrected chi connectivity index (χ4v) is 3.01. The molecule has 0 aromatic heterocycles. The first kappa shape index (κ1) is 21.6. The van der Waals surface area contributed by atoms with Crippen LogP contribution in [0.2, 0.25) is 0 Å². The molecule has 2 atom stereocenters. The van der Waals surface area contributed by atoms with Gasteiger partial charge in [0.05, 0.1) is 0 Å². The van der Waals surface area contributed by atoms with Gasteiger partial charge in [0.25, 0.3) is 0 Å². The van der Waals surface area contributed by atoms with Crippen LogP contribution in [0.1, 0.15) is 44.7 Å². The minimum absolute atomic E-state index is 0.00202. The Morgan fingerprint density at radius 3 is 2.29 bits per heavy atom. The fraction of sp³-hybridized carbons (Fsp3) is 0.391. The molecule has 0 spiro atoms. The van der Waals surface area contributed by atoms with Gasteiger partial charge in [0.15, 0.2) is 0 Å². The third-order valence-electron chi connectivity index (χ3n) is 4.87. The number of amides is 2. The van der Waals surface area contributed by atoms with Crippen molar-refractivity contribution in [2.75, 3.05) is 0 Å². The van der Waals surface area contributed by atoms with Gasteiger partial charge in [-0.2, -0.15) is 0 Å². The van der Waals surface area contributed by atoms with Crippen LogP contribution in [-0.4, -0.2) is 28.8 Å². The molecule has 2 amide bonds. The summed E-state index contributed by atoms with van der Waals surface area (Å²) in [7, 11) is 0. The Hall–Kier alpha value is -2.69. The van der Waals surface area contributed by atoms with Crippen molar-refractivity contribution in [3.63, 3.8) is 0 Å². The lowest BCUT2D eigenvalue weighted by Crippen LogP contribution is -2.52. The van der Waals surface area contributed by atoms with E-state index in [-0.39, 0.29) is 36.6 Å². The highest BCUT2D eigenvalue weighted by Gasteiger charge is 2.30. The molecule has 28 heavy (non-hydrogen) atoms. The molecule has 1 N–H and O–H groups in total. The molecule has 0 fully saturated rings. The zero-order chi connectivity index (χ0) is 20.5. The lowest BCUT2D eigenvalue weighted by Gasteiger charge is -2.32. The number of benzene rings is 2. The summed E-state index contributed by atoms with van der Waals surface area (Å²) in [4.78, 5) is 27.3. The molecule has 0 aliphatic heterocycles. The Bertz CT molecular complexity index is 779. The van der Waals surface area contributed by atoms with Crippen LogP contribution in [0, 0.1) is 5.82 Å². The smallest absolute Gasteiger partial charge is 0.243 e. The number of rotatable bonds is 9. The van der Waals surface area contributed by atoms with Crippen molar-refractivity contribution in [3.05, 3.63) is 71.5 Å². The first-order valence-corrected chi connectivity index (χ1v) is 9.83. The number of hydrogen-bond donors (Lipinski definition) is 1. The summed E-state index contributed by atoms with van der Waals surface area (Å²) in [5.74, 6) is -0.767. The number of carbonyl (C=O) groups is 2. The van der Waals surface area contributed by atoms with Crippen LogP contribution in [0.25, 0.3) is 0 Å². The molecular weight excluding hydrogens is 355 g/mol. The first-order valence-electron chi connectivity index (χ1n) is 9.83. The summed E-state index contributed by atoms with van der Waals surface area (Å²) in [6.07, 6.45) is 1.42. The molecule has 2 aromatic carbocycles. The molecule has 0 saturated carbocycles. The second kappa shape index (κ2) is 10.6. The predicted molar refractivity (Wildman–Crippen MR) is 109 cm³/mol. The predicted octanol–water partition coefficient (Wildman–Crippen LogP) is 4.09. The minimum atomic E-state index is -0.705. The normalized spacial score (nSPS) is 12.9. The summed E-state index contributed by atoms with van der Waals surface area (Å²) >= 11 is 0. The average molecular weight is 384 g/mol. The highest BCUT2D eigenvalue weighted by atomic mass is 19.1. The van der Waals surface area contributed by atoms with Crippen LogP contribution in [0.4, 0.5) is 4.39 Å². The minimum Gasteiger partial charge on any atom is -0.352 e. The van der Waals surface area contributed by atoms with E-state index in [1.165, 1.54) is 11.0 Å². The Morgan fingerprint density at radius 1 is 1.04 bits per heavy atom. The van der Waals surface area contributed by atoms with Crippen molar-refractivity contribution in [1.82, 2.24) is 10.2 Å². The van der Waals surface area contributed by atoms with E-state index in [4.69, 9.17) is 0 Å². The lowest BCUT2D eigenvalue weighted by molar-refractivity contribution is -0.141. The van der Waals surface area contributed by atoms with Crippen molar-refractivity contribution in [2.45, 2.75) is 58.7 Å². The number of nitrogens with one attached hydrogen (secondary N) is 1. The zero-order valence-corrected chi connectivity index (χ0v) is 16.8. The largest absolute Gasteiger partial charge is 0.352 e. The Balaban J connectivity index is 2.37. The van der Waals surface area contributed by atoms with Crippen LogP contribution in [0.5, 0.6) is 0 Å². The Labute approximate surface area is 166 Å². The molecule has 0 radical (unpaired) electrons. The van der Waals surface area contributed by atoms with E-state index in [0.29, 0.717) is 12.0 Å². The standard InChI is InChI=1S/C23H29FN2O2/c1-4-17(3)25-23(28)21(15-18-11-7-6-8-12-18)26(22(27)5-2)16-19-13-9-10-14-20(19)24/h6-14,17,21H,4-5,15-16H2,1-3H3,(H,25,28)/t17-,21+/m0/s1. The van der Waals surface area contributed by atoms with Crippen LogP contribution >= 0.6 is 0 Å². The first-order chi connectivity index (χ1) is 13.5. The van der Waals surface area contributed by atoms with Crippen molar-refractivity contribution in [1.29, 1.82) is 0 Å². The van der Waals surface area contributed by atoms with Crippen molar-refractivity contribution < 1.29 is 14.0 Å². The summed E-state index contributed by atoms with van der Waals surface area (Å²) < 4.78 is 14.2. The van der Waals surface area contributed by atoms with E-state index in [2.05, 4.69) is 5.32 Å². The molecule has 2 aromatic rings. The van der Waals surface area contributed by atoms with Gasteiger partial charge >= 0.3 is 0 Å². The quantitative estimate of drug-likeness (QED) is 0.708. The summed E-state index contributed by atoms with van der Waals surface area (Å²) in [6, 6.07) is 15.2. The van der Waals surface area contributed by atoms with E-state index in [0.717, 1.165) is 12.0 Å². The molecule has 5 heteroatoms. The van der Waals surface area contributed by atoms with E-state index >= 15 is 0 Å². The number of nitrogens with zero attached hydrogens (tertiary/aromatic N) is 1. The topological polar surface area (TPSA) is 49.4 Å². The van der Waals surface area contributed by atoms with E-state index in [1.807, 2.05) is 44.2 Å². The second-order valence-electron chi connectivity index (χ2n) is 6.99. The SMILES string of the molecule is CCC(=O)N(Cc1ccccc1F)[C@H](Cc1ccccc1)C(=O)N[C@@H](C)CC. The zero-order valence-electron chi connectivity index (χ0n) is 16.8. The molecule has 150 valence electrons. The van der Waals surface area contributed by atoms with Crippen LogP contribution < -0.4 is 5.32 Å². The van der Waals surface area contributed by atoms with Gasteiger partial charge in [-0.3, -0.25) is 9.59 Å². The summed E-state index contributed by atoms with van der Waals surface area (Å²) in [6.45, 7) is 5.74. The molecule has 0 bridgehead atoms. The third-order valence-corrected chi connectivity index (χ3v) is 4.87.